The summed E-state index contributed by atoms with van der Waals surface area (Å²) in [6, 6.07) is 1.46. The van der Waals surface area contributed by atoms with Crippen molar-refractivity contribution < 1.29 is 4.79 Å². The minimum Gasteiger partial charge on any atom is -0.364 e. The van der Waals surface area contributed by atoms with Gasteiger partial charge in [-0.2, -0.15) is 0 Å². The Morgan fingerprint density at radius 2 is 2.29 bits per heavy atom. The van der Waals surface area contributed by atoms with Crippen molar-refractivity contribution in [1.82, 2.24) is 14.9 Å². The van der Waals surface area contributed by atoms with Crippen molar-refractivity contribution in [2.24, 2.45) is 5.92 Å². The zero-order valence-electron chi connectivity index (χ0n) is 14.4. The van der Waals surface area contributed by atoms with Gasteiger partial charge < -0.3 is 9.88 Å². The number of rotatable bonds is 4. The molecule has 0 saturated carbocycles. The summed E-state index contributed by atoms with van der Waals surface area (Å²) in [5.74, 6) is 0.473. The van der Waals surface area contributed by atoms with Gasteiger partial charge in [-0.15, -0.1) is 11.3 Å². The highest BCUT2D eigenvalue weighted by Gasteiger charge is 2.23. The van der Waals surface area contributed by atoms with Crippen molar-refractivity contribution in [1.29, 1.82) is 0 Å². The topological polar surface area (TPSA) is 66.1 Å². The molecule has 1 atom stereocenters. The van der Waals surface area contributed by atoms with E-state index in [1.54, 1.807) is 23.2 Å². The zero-order valence-corrected chi connectivity index (χ0v) is 15.2. The van der Waals surface area contributed by atoms with E-state index in [0.717, 1.165) is 23.5 Å². The summed E-state index contributed by atoms with van der Waals surface area (Å²) in [4.78, 5) is 35.5. The van der Waals surface area contributed by atoms with Gasteiger partial charge in [-0.1, -0.05) is 6.92 Å². The second-order valence-corrected chi connectivity index (χ2v) is 7.71. The first kappa shape index (κ1) is 16.9. The van der Waals surface area contributed by atoms with Gasteiger partial charge in [-0.05, 0) is 39.0 Å². The van der Waals surface area contributed by atoms with Crippen molar-refractivity contribution in [3.8, 4) is 0 Å². The molecule has 0 aromatic carbocycles. The van der Waals surface area contributed by atoms with Gasteiger partial charge in [-0.3, -0.25) is 9.59 Å². The van der Waals surface area contributed by atoms with Crippen LogP contribution in [0.2, 0.25) is 0 Å². The van der Waals surface area contributed by atoms with Gasteiger partial charge in [-0.25, -0.2) is 4.98 Å². The summed E-state index contributed by atoms with van der Waals surface area (Å²) < 4.78 is 0. The average Bonchev–Trinajstić information content (AvgIpc) is 2.93. The summed E-state index contributed by atoms with van der Waals surface area (Å²) >= 11 is 1.71. The Bertz CT molecular complexity index is 809. The molecule has 1 N–H and O–H groups in total. The first-order valence-electron chi connectivity index (χ1n) is 8.44. The van der Waals surface area contributed by atoms with Crippen LogP contribution in [0.15, 0.2) is 17.1 Å². The van der Waals surface area contributed by atoms with Gasteiger partial charge in [0.25, 0.3) is 5.91 Å². The van der Waals surface area contributed by atoms with Crippen molar-refractivity contribution in [3.05, 3.63) is 49.3 Å². The maximum absolute atomic E-state index is 12.7. The largest absolute Gasteiger partial charge is 0.364 e. The molecule has 0 bridgehead atoms. The predicted octanol–water partition coefficient (Wildman–Crippen LogP) is 2.93. The first-order chi connectivity index (χ1) is 11.5. The van der Waals surface area contributed by atoms with Crippen molar-refractivity contribution >= 4 is 17.2 Å². The lowest BCUT2D eigenvalue weighted by Crippen LogP contribution is -2.33. The molecule has 2 heterocycles. The fourth-order valence-corrected chi connectivity index (χ4v) is 4.36. The van der Waals surface area contributed by atoms with Crippen LogP contribution in [0.25, 0.3) is 0 Å². The van der Waals surface area contributed by atoms with E-state index >= 15 is 0 Å². The summed E-state index contributed by atoms with van der Waals surface area (Å²) in [6.07, 6.45) is 4.82. The number of aromatic amines is 1. The Kier molecular flexibility index (Phi) is 4.85. The quantitative estimate of drug-likeness (QED) is 0.926. The number of carbonyl (C=O) groups is 1. The Morgan fingerprint density at radius 1 is 1.50 bits per heavy atom. The molecule has 24 heavy (non-hydrogen) atoms. The number of amides is 1. The van der Waals surface area contributed by atoms with Gasteiger partial charge in [0.15, 0.2) is 5.43 Å². The van der Waals surface area contributed by atoms with Crippen LogP contribution in [0.1, 0.15) is 51.9 Å². The van der Waals surface area contributed by atoms with Gasteiger partial charge in [0.1, 0.15) is 10.6 Å². The molecular formula is C18H23N3O2S. The fourth-order valence-electron chi connectivity index (χ4n) is 3.06. The lowest BCUT2D eigenvalue weighted by molar-refractivity contribution is 0.0750. The molecule has 1 aliphatic carbocycles. The standard InChI is InChI=1S/C18H23N3O2S/c1-4-21(18(23)13-9-19-12(3)8-15(13)22)10-17-20-14-6-5-11(2)7-16(14)24-17/h8-9,11H,4-7,10H2,1-3H3,(H,19,22). The Morgan fingerprint density at radius 3 is 3.00 bits per heavy atom. The van der Waals surface area contributed by atoms with Crippen molar-refractivity contribution in [2.75, 3.05) is 6.54 Å². The van der Waals surface area contributed by atoms with Crippen LogP contribution in [-0.2, 0) is 19.4 Å². The van der Waals surface area contributed by atoms with Crippen molar-refractivity contribution in [3.63, 3.8) is 0 Å². The maximum Gasteiger partial charge on any atom is 0.259 e. The van der Waals surface area contributed by atoms with Crippen LogP contribution in [0.4, 0.5) is 0 Å². The number of pyridine rings is 1. The normalized spacial score (nSPS) is 16.7. The Balaban J connectivity index is 1.79. The highest BCUT2D eigenvalue weighted by Crippen LogP contribution is 2.30. The number of thiazole rings is 1. The first-order valence-corrected chi connectivity index (χ1v) is 9.25. The van der Waals surface area contributed by atoms with E-state index in [4.69, 9.17) is 4.98 Å². The van der Waals surface area contributed by atoms with Crippen LogP contribution in [0, 0.1) is 12.8 Å². The lowest BCUT2D eigenvalue weighted by Gasteiger charge is -2.19. The summed E-state index contributed by atoms with van der Waals surface area (Å²) in [6.45, 7) is 7.01. The third-order valence-corrected chi connectivity index (χ3v) is 5.62. The molecule has 128 valence electrons. The van der Waals surface area contributed by atoms with E-state index in [2.05, 4.69) is 11.9 Å². The average molecular weight is 345 g/mol. The van der Waals surface area contributed by atoms with Gasteiger partial charge in [0.2, 0.25) is 0 Å². The molecule has 0 saturated heterocycles. The molecule has 1 amide bonds. The van der Waals surface area contributed by atoms with Crippen LogP contribution < -0.4 is 5.43 Å². The molecule has 0 spiro atoms. The SMILES string of the molecule is CCN(Cc1nc2c(s1)CC(C)CC2)C(=O)c1c[nH]c(C)cc1=O. The molecular weight excluding hydrogens is 322 g/mol. The van der Waals surface area contributed by atoms with Gasteiger partial charge in [0, 0.05) is 29.4 Å². The minimum absolute atomic E-state index is 0.192. The molecule has 5 nitrogen and oxygen atoms in total. The Labute approximate surface area is 145 Å². The number of aryl methyl sites for hydroxylation is 2. The van der Waals surface area contributed by atoms with E-state index in [9.17, 15) is 9.59 Å². The zero-order chi connectivity index (χ0) is 17.3. The number of H-pyrrole nitrogens is 1. The van der Waals surface area contributed by atoms with Crippen LogP contribution in [-0.4, -0.2) is 27.3 Å². The molecule has 2 aromatic rings. The van der Waals surface area contributed by atoms with Gasteiger partial charge >= 0.3 is 0 Å². The van der Waals surface area contributed by atoms with Crippen LogP contribution in [0.5, 0.6) is 0 Å². The second kappa shape index (κ2) is 6.89. The second-order valence-electron chi connectivity index (χ2n) is 6.54. The van der Waals surface area contributed by atoms with E-state index in [-0.39, 0.29) is 16.9 Å². The molecule has 1 unspecified atom stereocenters. The molecule has 2 aromatic heterocycles. The summed E-state index contributed by atoms with van der Waals surface area (Å²) in [5.41, 5.74) is 1.91. The molecule has 0 aliphatic heterocycles. The number of fused-ring (bicyclic) bond motifs is 1. The maximum atomic E-state index is 12.7. The van der Waals surface area contributed by atoms with E-state index in [1.165, 1.54) is 29.3 Å². The predicted molar refractivity (Wildman–Crippen MR) is 95.5 cm³/mol. The van der Waals surface area contributed by atoms with E-state index in [0.29, 0.717) is 19.0 Å². The number of carbonyl (C=O) groups excluding carboxylic acids is 1. The number of aromatic nitrogens is 2. The molecule has 6 heteroatoms. The van der Waals surface area contributed by atoms with Crippen molar-refractivity contribution in [2.45, 2.75) is 46.6 Å². The highest BCUT2D eigenvalue weighted by molar-refractivity contribution is 7.11. The fraction of sp³-hybridized carbons (Fsp3) is 0.500. The number of nitrogens with zero attached hydrogens (tertiary/aromatic N) is 2. The number of nitrogens with one attached hydrogen (secondary N) is 1. The molecule has 1 aliphatic rings. The minimum atomic E-state index is -0.236. The number of hydrogen-bond acceptors (Lipinski definition) is 4. The molecule has 3 rings (SSSR count). The third kappa shape index (κ3) is 3.43. The molecule has 0 radical (unpaired) electrons. The van der Waals surface area contributed by atoms with Crippen LogP contribution in [0.3, 0.4) is 0 Å². The lowest BCUT2D eigenvalue weighted by atomic mass is 9.93. The smallest absolute Gasteiger partial charge is 0.259 e. The molecule has 0 fully saturated rings. The van der Waals surface area contributed by atoms with Crippen LogP contribution >= 0.6 is 11.3 Å². The van der Waals surface area contributed by atoms with E-state index in [1.807, 2.05) is 6.92 Å². The Hall–Kier alpha value is -1.95. The summed E-state index contributed by atoms with van der Waals surface area (Å²) in [7, 11) is 0. The third-order valence-electron chi connectivity index (χ3n) is 4.51. The summed E-state index contributed by atoms with van der Waals surface area (Å²) in [5, 5.41) is 0.966. The van der Waals surface area contributed by atoms with E-state index < -0.39 is 0 Å². The highest BCUT2D eigenvalue weighted by atomic mass is 32.1. The van der Waals surface area contributed by atoms with Gasteiger partial charge in [0.05, 0.1) is 12.2 Å². The monoisotopic (exact) mass is 345 g/mol. The number of hydrogen-bond donors (Lipinski definition) is 1.